The molecule has 1 heterocycles. The SMILES string of the molecule is Cc1ncn(CC2CC3CCC2C3)c(=O)c1I. The fraction of sp³-hybridized carbons (Fsp3) is 0.692. The number of hydrogen-bond donors (Lipinski definition) is 0. The van der Waals surface area contributed by atoms with Crippen LogP contribution in [0, 0.1) is 28.2 Å². The Bertz CT molecular complexity index is 497. The summed E-state index contributed by atoms with van der Waals surface area (Å²) in [4.78, 5) is 16.4. The maximum Gasteiger partial charge on any atom is 0.267 e. The van der Waals surface area contributed by atoms with E-state index in [0.717, 1.165) is 27.6 Å². The lowest BCUT2D eigenvalue weighted by atomic mass is 9.89. The van der Waals surface area contributed by atoms with Gasteiger partial charge in [-0.05, 0) is 66.5 Å². The van der Waals surface area contributed by atoms with Gasteiger partial charge < -0.3 is 0 Å². The summed E-state index contributed by atoms with van der Waals surface area (Å²) < 4.78 is 2.59. The molecule has 2 saturated carbocycles. The van der Waals surface area contributed by atoms with E-state index >= 15 is 0 Å². The molecule has 2 fully saturated rings. The highest BCUT2D eigenvalue weighted by molar-refractivity contribution is 14.1. The summed E-state index contributed by atoms with van der Waals surface area (Å²) in [5.74, 6) is 2.52. The molecule has 0 aromatic carbocycles. The van der Waals surface area contributed by atoms with Crippen molar-refractivity contribution in [1.29, 1.82) is 0 Å². The molecule has 2 bridgehead atoms. The molecule has 1 aromatic rings. The third-order valence-corrected chi connectivity index (χ3v) is 5.71. The maximum atomic E-state index is 12.1. The molecule has 4 heteroatoms. The standard InChI is InChI=1S/C13H17IN2O/c1-8-12(14)13(17)16(7-15-8)6-11-5-9-2-3-10(11)4-9/h7,9-11H,2-6H2,1H3. The average Bonchev–Trinajstić information content (AvgIpc) is 2.92. The third kappa shape index (κ3) is 2.04. The molecule has 0 saturated heterocycles. The highest BCUT2D eigenvalue weighted by Gasteiger charge is 2.39. The number of hydrogen-bond acceptors (Lipinski definition) is 2. The van der Waals surface area contributed by atoms with Crippen LogP contribution in [-0.4, -0.2) is 9.55 Å². The van der Waals surface area contributed by atoms with E-state index in [4.69, 9.17) is 0 Å². The fourth-order valence-corrected chi connectivity index (χ4v) is 3.98. The van der Waals surface area contributed by atoms with Crippen molar-refractivity contribution < 1.29 is 0 Å². The normalized spacial score (nSPS) is 31.1. The third-order valence-electron chi connectivity index (χ3n) is 4.47. The smallest absolute Gasteiger partial charge is 0.267 e. The average molecular weight is 344 g/mol. The molecular weight excluding hydrogens is 327 g/mol. The molecule has 0 radical (unpaired) electrons. The summed E-state index contributed by atoms with van der Waals surface area (Å²) in [6.07, 6.45) is 7.24. The summed E-state index contributed by atoms with van der Waals surface area (Å²) in [7, 11) is 0. The molecule has 92 valence electrons. The quantitative estimate of drug-likeness (QED) is 0.773. The molecule has 0 spiro atoms. The lowest BCUT2D eigenvalue weighted by Crippen LogP contribution is -2.29. The minimum Gasteiger partial charge on any atom is -0.298 e. The zero-order valence-electron chi connectivity index (χ0n) is 10.0. The summed E-state index contributed by atoms with van der Waals surface area (Å²) in [5.41, 5.74) is 0.987. The Morgan fingerprint density at radius 3 is 2.94 bits per heavy atom. The number of aryl methyl sites for hydroxylation is 1. The molecule has 0 amide bonds. The largest absolute Gasteiger partial charge is 0.298 e. The minimum atomic E-state index is 0.140. The van der Waals surface area contributed by atoms with Gasteiger partial charge in [0, 0.05) is 6.54 Å². The first-order chi connectivity index (χ1) is 8.15. The van der Waals surface area contributed by atoms with Crippen molar-refractivity contribution in [2.45, 2.75) is 39.2 Å². The van der Waals surface area contributed by atoms with E-state index in [9.17, 15) is 4.79 Å². The van der Waals surface area contributed by atoms with Gasteiger partial charge in [-0.2, -0.15) is 0 Å². The molecule has 17 heavy (non-hydrogen) atoms. The van der Waals surface area contributed by atoms with E-state index in [2.05, 4.69) is 27.6 Å². The maximum absolute atomic E-state index is 12.1. The summed E-state index contributed by atoms with van der Waals surface area (Å²) in [6.45, 7) is 2.77. The molecule has 0 N–H and O–H groups in total. The lowest BCUT2D eigenvalue weighted by molar-refractivity contribution is 0.291. The number of rotatable bonds is 2. The summed E-state index contributed by atoms with van der Waals surface area (Å²) >= 11 is 2.11. The van der Waals surface area contributed by atoms with E-state index in [1.54, 1.807) is 6.33 Å². The zero-order valence-corrected chi connectivity index (χ0v) is 12.2. The van der Waals surface area contributed by atoms with Gasteiger partial charge >= 0.3 is 0 Å². The zero-order chi connectivity index (χ0) is 12.0. The van der Waals surface area contributed by atoms with E-state index in [1.165, 1.54) is 25.7 Å². The molecule has 0 aliphatic heterocycles. The van der Waals surface area contributed by atoms with Crippen molar-refractivity contribution in [1.82, 2.24) is 9.55 Å². The van der Waals surface area contributed by atoms with Crippen LogP contribution in [0.1, 0.15) is 31.4 Å². The predicted molar refractivity (Wildman–Crippen MR) is 74.9 cm³/mol. The molecule has 3 rings (SSSR count). The molecular formula is C13H17IN2O. The summed E-state index contributed by atoms with van der Waals surface area (Å²) in [6, 6.07) is 0. The molecule has 3 atom stereocenters. The Kier molecular flexibility index (Phi) is 3.00. The van der Waals surface area contributed by atoms with Crippen LogP contribution in [0.5, 0.6) is 0 Å². The Balaban J connectivity index is 1.82. The number of halogens is 1. The molecule has 1 aromatic heterocycles. The van der Waals surface area contributed by atoms with Crippen molar-refractivity contribution in [2.75, 3.05) is 0 Å². The Morgan fingerprint density at radius 2 is 2.29 bits per heavy atom. The Hall–Kier alpha value is -0.390. The van der Waals surface area contributed by atoms with Crippen LogP contribution in [-0.2, 0) is 6.54 Å². The van der Waals surface area contributed by atoms with Gasteiger partial charge in [-0.15, -0.1) is 0 Å². The minimum absolute atomic E-state index is 0.140. The second-order valence-electron chi connectivity index (χ2n) is 5.54. The van der Waals surface area contributed by atoms with Gasteiger partial charge in [0.2, 0.25) is 0 Å². The van der Waals surface area contributed by atoms with Gasteiger partial charge in [-0.3, -0.25) is 9.36 Å². The van der Waals surface area contributed by atoms with Crippen molar-refractivity contribution in [3.05, 3.63) is 25.9 Å². The monoisotopic (exact) mass is 344 g/mol. The van der Waals surface area contributed by atoms with Gasteiger partial charge in [0.15, 0.2) is 0 Å². The van der Waals surface area contributed by atoms with Gasteiger partial charge in [0.25, 0.3) is 5.56 Å². The summed E-state index contributed by atoms with van der Waals surface area (Å²) in [5, 5.41) is 0. The topological polar surface area (TPSA) is 34.9 Å². The van der Waals surface area contributed by atoms with Crippen molar-refractivity contribution in [2.24, 2.45) is 17.8 Å². The van der Waals surface area contributed by atoms with Crippen LogP contribution in [0.25, 0.3) is 0 Å². The fourth-order valence-electron chi connectivity index (χ4n) is 3.53. The predicted octanol–water partition coefficient (Wildman–Crippen LogP) is 2.59. The number of aromatic nitrogens is 2. The molecule has 3 unspecified atom stereocenters. The van der Waals surface area contributed by atoms with E-state index < -0.39 is 0 Å². The van der Waals surface area contributed by atoms with Crippen LogP contribution in [0.15, 0.2) is 11.1 Å². The Labute approximate surface area is 115 Å². The molecule has 2 aliphatic rings. The second-order valence-corrected chi connectivity index (χ2v) is 6.62. The van der Waals surface area contributed by atoms with E-state index in [1.807, 2.05) is 11.5 Å². The van der Waals surface area contributed by atoms with Gasteiger partial charge in [0.1, 0.15) is 0 Å². The van der Waals surface area contributed by atoms with Crippen LogP contribution in [0.4, 0.5) is 0 Å². The van der Waals surface area contributed by atoms with Crippen LogP contribution < -0.4 is 5.56 Å². The van der Waals surface area contributed by atoms with E-state index in [-0.39, 0.29) is 5.56 Å². The Morgan fingerprint density at radius 1 is 1.47 bits per heavy atom. The number of nitrogens with zero attached hydrogens (tertiary/aromatic N) is 2. The van der Waals surface area contributed by atoms with Crippen molar-refractivity contribution in [3.63, 3.8) is 0 Å². The van der Waals surface area contributed by atoms with Crippen LogP contribution in [0.2, 0.25) is 0 Å². The lowest BCUT2D eigenvalue weighted by Gasteiger charge is -2.22. The van der Waals surface area contributed by atoms with Crippen molar-refractivity contribution in [3.8, 4) is 0 Å². The van der Waals surface area contributed by atoms with Gasteiger partial charge in [-0.25, -0.2) is 4.98 Å². The second kappa shape index (κ2) is 4.37. The first kappa shape index (κ1) is 11.7. The van der Waals surface area contributed by atoms with Gasteiger partial charge in [-0.1, -0.05) is 6.42 Å². The van der Waals surface area contributed by atoms with Crippen LogP contribution in [0.3, 0.4) is 0 Å². The molecule has 2 aliphatic carbocycles. The van der Waals surface area contributed by atoms with E-state index in [0.29, 0.717) is 5.92 Å². The highest BCUT2D eigenvalue weighted by atomic mass is 127. The first-order valence-corrected chi connectivity index (χ1v) is 7.44. The van der Waals surface area contributed by atoms with Crippen LogP contribution >= 0.6 is 22.6 Å². The van der Waals surface area contributed by atoms with Gasteiger partial charge in [0.05, 0.1) is 15.6 Å². The number of fused-ring (bicyclic) bond motifs is 2. The molecule has 3 nitrogen and oxygen atoms in total. The highest BCUT2D eigenvalue weighted by Crippen LogP contribution is 2.48. The first-order valence-electron chi connectivity index (χ1n) is 6.36. The van der Waals surface area contributed by atoms with Crippen molar-refractivity contribution >= 4 is 22.6 Å².